The van der Waals surface area contributed by atoms with Gasteiger partial charge in [0.05, 0.1) is 12.0 Å². The molecule has 0 atom stereocenters. The summed E-state index contributed by atoms with van der Waals surface area (Å²) >= 11 is 0. The fourth-order valence-electron chi connectivity index (χ4n) is 7.10. The zero-order valence-electron chi connectivity index (χ0n) is 25.1. The molecule has 0 saturated carbocycles. The maximum atomic E-state index is 11.6. The Bertz CT molecular complexity index is 1850. The van der Waals surface area contributed by atoms with Crippen LogP contribution in [0.5, 0.6) is 11.5 Å². The average Bonchev–Trinajstić information content (AvgIpc) is 3.39. The Kier molecular flexibility index (Phi) is 7.46. The number of rotatable bonds is 8. The molecule has 4 nitrogen and oxygen atoms in total. The summed E-state index contributed by atoms with van der Waals surface area (Å²) in [5.74, 6) is 0.364. The molecular weight excluding hydrogens is 556 g/mol. The summed E-state index contributed by atoms with van der Waals surface area (Å²) in [5, 5.41) is 33.3. The third-order valence-corrected chi connectivity index (χ3v) is 9.05. The lowest BCUT2D eigenvalue weighted by molar-refractivity contribution is 0.182. The van der Waals surface area contributed by atoms with E-state index in [4.69, 9.17) is 4.74 Å². The number of fused-ring (bicyclic) bond motifs is 3. The first-order valence-corrected chi connectivity index (χ1v) is 15.2. The third kappa shape index (κ3) is 4.62. The summed E-state index contributed by atoms with van der Waals surface area (Å²) in [5.41, 5.74) is 10.2. The van der Waals surface area contributed by atoms with Crippen molar-refractivity contribution in [1.29, 1.82) is 0 Å². The van der Waals surface area contributed by atoms with Gasteiger partial charge in [0.1, 0.15) is 11.5 Å². The van der Waals surface area contributed by atoms with Crippen LogP contribution in [0.4, 0.5) is 0 Å². The fraction of sp³-hybridized carbons (Fsp3) is 0.122. The van der Waals surface area contributed by atoms with E-state index in [1.165, 1.54) is 0 Å². The highest BCUT2D eigenvalue weighted by Gasteiger charge is 2.47. The first-order chi connectivity index (χ1) is 22.1. The second-order valence-electron chi connectivity index (χ2n) is 11.5. The highest BCUT2D eigenvalue weighted by atomic mass is 16.5. The van der Waals surface area contributed by atoms with E-state index in [0.717, 1.165) is 50.1 Å². The number of aliphatic hydroxyl groups is 1. The lowest BCUT2D eigenvalue weighted by atomic mass is 9.66. The normalized spacial score (nSPS) is 12.9. The Morgan fingerprint density at radius 1 is 0.533 bits per heavy atom. The number of phenols is 2. The van der Waals surface area contributed by atoms with E-state index >= 15 is 0 Å². The molecule has 0 unspecified atom stereocenters. The second kappa shape index (κ2) is 11.7. The number of phenolic OH excluding ortho intramolecular Hbond substituents is 2. The van der Waals surface area contributed by atoms with Crippen molar-refractivity contribution in [3.63, 3.8) is 0 Å². The van der Waals surface area contributed by atoms with Crippen LogP contribution in [0, 0.1) is 0 Å². The van der Waals surface area contributed by atoms with Gasteiger partial charge < -0.3 is 20.1 Å². The van der Waals surface area contributed by atoms with Gasteiger partial charge in [-0.2, -0.15) is 0 Å². The summed E-state index contributed by atoms with van der Waals surface area (Å²) in [6.45, 7) is 0.139. The SMILES string of the molecule is COCc1cc(C2(c3cc(CCO)c(O)c(-c4ccccc4)c3)c3ccccc3-c3ccccc32)cc(-c2ccccc2)c1O. The zero-order valence-corrected chi connectivity index (χ0v) is 25.1. The molecule has 0 aromatic heterocycles. The number of benzene rings is 6. The van der Waals surface area contributed by atoms with Gasteiger partial charge in [-0.05, 0) is 74.7 Å². The number of ether oxygens (including phenoxy) is 1. The van der Waals surface area contributed by atoms with Crippen LogP contribution in [-0.4, -0.2) is 29.0 Å². The van der Waals surface area contributed by atoms with Crippen molar-refractivity contribution in [2.75, 3.05) is 13.7 Å². The van der Waals surface area contributed by atoms with Gasteiger partial charge in [-0.3, -0.25) is 0 Å². The van der Waals surface area contributed by atoms with Crippen LogP contribution >= 0.6 is 0 Å². The Morgan fingerprint density at radius 3 is 1.47 bits per heavy atom. The zero-order chi connectivity index (χ0) is 31.0. The van der Waals surface area contributed by atoms with Crippen molar-refractivity contribution in [2.45, 2.75) is 18.4 Å². The van der Waals surface area contributed by atoms with Crippen LogP contribution in [0.3, 0.4) is 0 Å². The van der Waals surface area contributed by atoms with Gasteiger partial charge in [0.15, 0.2) is 0 Å². The number of hydrogen-bond acceptors (Lipinski definition) is 4. The molecule has 0 spiro atoms. The molecule has 7 rings (SSSR count). The van der Waals surface area contributed by atoms with Gasteiger partial charge in [-0.25, -0.2) is 0 Å². The predicted molar refractivity (Wildman–Crippen MR) is 179 cm³/mol. The second-order valence-corrected chi connectivity index (χ2v) is 11.5. The van der Waals surface area contributed by atoms with Crippen molar-refractivity contribution in [3.8, 4) is 44.9 Å². The topological polar surface area (TPSA) is 69.9 Å². The Hall–Kier alpha value is -5.16. The smallest absolute Gasteiger partial charge is 0.128 e. The summed E-state index contributed by atoms with van der Waals surface area (Å²) in [4.78, 5) is 0. The van der Waals surface area contributed by atoms with E-state index in [-0.39, 0.29) is 24.7 Å². The quantitative estimate of drug-likeness (QED) is 0.166. The molecule has 4 heteroatoms. The average molecular weight is 591 g/mol. The highest BCUT2D eigenvalue weighted by molar-refractivity contribution is 5.88. The van der Waals surface area contributed by atoms with E-state index in [1.807, 2.05) is 66.7 Å². The number of aliphatic hydroxyl groups excluding tert-OH is 1. The standard InChI is InChI=1S/C41H34O4/c1-45-26-30-23-32(25-36(40(30)44)28-14-6-3-7-15-28)41(37-18-10-8-16-33(37)34-17-9-11-19-38(34)41)31-22-29(20-21-42)39(43)35(24-31)27-12-4-2-5-13-27/h2-19,22-25,42-44H,20-21,26H2,1H3. The maximum Gasteiger partial charge on any atom is 0.128 e. The predicted octanol–water partition coefficient (Wildman–Crippen LogP) is 8.48. The lowest BCUT2D eigenvalue weighted by Gasteiger charge is -2.35. The first kappa shape index (κ1) is 28.6. The van der Waals surface area contributed by atoms with Crippen LogP contribution in [0.25, 0.3) is 33.4 Å². The van der Waals surface area contributed by atoms with E-state index in [1.54, 1.807) is 7.11 Å². The van der Waals surface area contributed by atoms with E-state index < -0.39 is 5.41 Å². The number of methoxy groups -OCH3 is 1. The fourth-order valence-corrected chi connectivity index (χ4v) is 7.10. The molecule has 0 bridgehead atoms. The van der Waals surface area contributed by atoms with Crippen molar-refractivity contribution < 1.29 is 20.1 Å². The molecule has 0 amide bonds. The van der Waals surface area contributed by atoms with Crippen LogP contribution < -0.4 is 0 Å². The summed E-state index contributed by atoms with van der Waals surface area (Å²) < 4.78 is 5.62. The van der Waals surface area contributed by atoms with Gasteiger partial charge in [-0.1, -0.05) is 115 Å². The minimum Gasteiger partial charge on any atom is -0.507 e. The van der Waals surface area contributed by atoms with Gasteiger partial charge >= 0.3 is 0 Å². The van der Waals surface area contributed by atoms with Crippen molar-refractivity contribution >= 4 is 0 Å². The molecule has 0 fully saturated rings. The molecular formula is C41H34O4. The Morgan fingerprint density at radius 2 is 0.978 bits per heavy atom. The Labute approximate surface area is 263 Å². The summed E-state index contributed by atoms with van der Waals surface area (Å²) in [7, 11) is 1.64. The van der Waals surface area contributed by atoms with Crippen LogP contribution in [-0.2, 0) is 23.2 Å². The molecule has 45 heavy (non-hydrogen) atoms. The van der Waals surface area contributed by atoms with Crippen molar-refractivity contribution in [1.82, 2.24) is 0 Å². The monoisotopic (exact) mass is 590 g/mol. The third-order valence-electron chi connectivity index (χ3n) is 9.05. The molecule has 0 heterocycles. The van der Waals surface area contributed by atoms with Gasteiger partial charge in [0.25, 0.3) is 0 Å². The van der Waals surface area contributed by atoms with Gasteiger partial charge in [0.2, 0.25) is 0 Å². The number of hydrogen-bond donors (Lipinski definition) is 3. The minimum absolute atomic E-state index is 0.0965. The molecule has 6 aromatic carbocycles. The number of aromatic hydroxyl groups is 2. The first-order valence-electron chi connectivity index (χ1n) is 15.2. The largest absolute Gasteiger partial charge is 0.507 e. The molecule has 1 aliphatic carbocycles. The van der Waals surface area contributed by atoms with E-state index in [9.17, 15) is 15.3 Å². The highest BCUT2D eigenvalue weighted by Crippen LogP contribution is 2.58. The van der Waals surface area contributed by atoms with Crippen LogP contribution in [0.2, 0.25) is 0 Å². The molecule has 0 radical (unpaired) electrons. The molecule has 222 valence electrons. The van der Waals surface area contributed by atoms with E-state index in [2.05, 4.69) is 66.7 Å². The lowest BCUT2D eigenvalue weighted by Crippen LogP contribution is -2.29. The molecule has 0 saturated heterocycles. The van der Waals surface area contributed by atoms with Gasteiger partial charge in [-0.15, -0.1) is 0 Å². The van der Waals surface area contributed by atoms with E-state index in [0.29, 0.717) is 23.1 Å². The molecule has 0 aliphatic heterocycles. The van der Waals surface area contributed by atoms with Gasteiger partial charge in [0, 0.05) is 30.4 Å². The molecule has 3 N–H and O–H groups in total. The minimum atomic E-state index is -0.811. The van der Waals surface area contributed by atoms with Crippen molar-refractivity contribution in [2.24, 2.45) is 0 Å². The molecule has 6 aromatic rings. The molecule has 1 aliphatic rings. The Balaban J connectivity index is 1.65. The summed E-state index contributed by atoms with van der Waals surface area (Å²) in [6, 6.07) is 45.1. The van der Waals surface area contributed by atoms with Crippen molar-refractivity contribution in [3.05, 3.63) is 167 Å². The maximum absolute atomic E-state index is 11.6. The van der Waals surface area contributed by atoms with Crippen LogP contribution in [0.15, 0.2) is 133 Å². The van der Waals surface area contributed by atoms with Crippen LogP contribution in [0.1, 0.15) is 33.4 Å². The summed E-state index contributed by atoms with van der Waals surface area (Å²) in [6.07, 6.45) is 0.304.